The lowest BCUT2D eigenvalue weighted by Gasteiger charge is -2.01. The highest BCUT2D eigenvalue weighted by atomic mass is 16.4. The minimum absolute atomic E-state index is 0.118. The normalized spacial score (nSPS) is 13.8. The van der Waals surface area contributed by atoms with Gasteiger partial charge in [0, 0.05) is 11.7 Å². The van der Waals surface area contributed by atoms with Gasteiger partial charge in [0.2, 0.25) is 5.91 Å². The van der Waals surface area contributed by atoms with E-state index < -0.39 is 7.12 Å². The summed E-state index contributed by atoms with van der Waals surface area (Å²) in [5.41, 5.74) is 1.49. The summed E-state index contributed by atoms with van der Waals surface area (Å²) in [6.07, 6.45) is 1.61. The summed E-state index contributed by atoms with van der Waals surface area (Å²) in [7, 11) is -1.55. The van der Waals surface area contributed by atoms with Gasteiger partial charge in [0.25, 0.3) is 0 Å². The summed E-state index contributed by atoms with van der Waals surface area (Å²) >= 11 is 0. The Morgan fingerprint density at radius 1 is 1.54 bits per heavy atom. The van der Waals surface area contributed by atoms with Crippen LogP contribution in [0.4, 0.5) is 5.69 Å². The molecule has 6 heteroatoms. The molecule has 0 atom stereocenters. The van der Waals surface area contributed by atoms with Crippen LogP contribution in [0, 0.1) is 0 Å². The maximum absolute atomic E-state index is 10.9. The average Bonchev–Trinajstić information content (AvgIpc) is 2.42. The number of nitrogens with zero attached hydrogens (tertiary/aromatic N) is 1. The van der Waals surface area contributed by atoms with E-state index in [9.17, 15) is 4.79 Å². The fourth-order valence-electron chi connectivity index (χ4n) is 1.25. The predicted molar refractivity (Wildman–Crippen MR) is 46.4 cm³/mol. The molecule has 13 heavy (non-hydrogen) atoms. The number of hydrogen-bond donors (Lipinski definition) is 3. The number of aromatic nitrogens is 1. The Morgan fingerprint density at radius 2 is 2.31 bits per heavy atom. The zero-order chi connectivity index (χ0) is 9.42. The smallest absolute Gasteiger partial charge is 0.423 e. The molecule has 66 valence electrons. The number of anilines is 1. The van der Waals surface area contributed by atoms with Gasteiger partial charge < -0.3 is 15.4 Å². The number of pyridine rings is 1. The average molecular weight is 178 g/mol. The first-order chi connectivity index (χ1) is 6.16. The van der Waals surface area contributed by atoms with E-state index in [0.29, 0.717) is 11.4 Å². The van der Waals surface area contributed by atoms with Crippen molar-refractivity contribution >= 4 is 24.2 Å². The van der Waals surface area contributed by atoms with Crippen LogP contribution >= 0.6 is 0 Å². The van der Waals surface area contributed by atoms with Gasteiger partial charge in [-0.15, -0.1) is 0 Å². The van der Waals surface area contributed by atoms with Crippen molar-refractivity contribution in [3.05, 3.63) is 18.0 Å². The van der Waals surface area contributed by atoms with Crippen molar-refractivity contribution in [3.63, 3.8) is 0 Å². The van der Waals surface area contributed by atoms with Gasteiger partial charge in [-0.25, -0.2) is 0 Å². The largest absolute Gasteiger partial charge is 0.490 e. The molecule has 0 fully saturated rings. The van der Waals surface area contributed by atoms with Gasteiger partial charge in [-0.3, -0.25) is 9.78 Å². The highest BCUT2D eigenvalue weighted by Crippen LogP contribution is 2.18. The van der Waals surface area contributed by atoms with E-state index in [4.69, 9.17) is 10.0 Å². The molecule has 1 aromatic heterocycles. The molecule has 0 saturated carbocycles. The Balaban J connectivity index is 2.40. The summed E-state index contributed by atoms with van der Waals surface area (Å²) in [6.45, 7) is 0. The van der Waals surface area contributed by atoms with Crippen molar-refractivity contribution in [1.29, 1.82) is 0 Å². The van der Waals surface area contributed by atoms with Gasteiger partial charge in [0.05, 0.1) is 17.8 Å². The first-order valence-corrected chi connectivity index (χ1v) is 3.81. The zero-order valence-corrected chi connectivity index (χ0v) is 6.69. The second-order valence-corrected chi connectivity index (χ2v) is 2.86. The van der Waals surface area contributed by atoms with Crippen LogP contribution in [-0.2, 0) is 11.2 Å². The Kier molecular flexibility index (Phi) is 1.79. The standard InChI is InChI=1S/C7H7BN2O3/c11-7-2-5-6(10-7)1-4(3-9-5)8(12)13/h1,3,12-13H,2H2,(H,10,11). The van der Waals surface area contributed by atoms with E-state index in [1.165, 1.54) is 12.3 Å². The minimum Gasteiger partial charge on any atom is -0.423 e. The van der Waals surface area contributed by atoms with Gasteiger partial charge in [0.1, 0.15) is 0 Å². The molecule has 0 bridgehead atoms. The summed E-state index contributed by atoms with van der Waals surface area (Å²) < 4.78 is 0. The highest BCUT2D eigenvalue weighted by Gasteiger charge is 2.21. The third-order valence-corrected chi connectivity index (χ3v) is 1.89. The van der Waals surface area contributed by atoms with Crippen LogP contribution < -0.4 is 10.8 Å². The molecule has 1 amide bonds. The molecule has 1 aromatic rings. The van der Waals surface area contributed by atoms with Crippen LogP contribution in [0.5, 0.6) is 0 Å². The third-order valence-electron chi connectivity index (χ3n) is 1.89. The van der Waals surface area contributed by atoms with Crippen molar-refractivity contribution in [1.82, 2.24) is 4.98 Å². The van der Waals surface area contributed by atoms with Gasteiger partial charge in [-0.05, 0) is 6.07 Å². The molecule has 0 aliphatic carbocycles. The molecule has 0 unspecified atom stereocenters. The minimum atomic E-state index is -1.55. The monoisotopic (exact) mass is 178 g/mol. The summed E-state index contributed by atoms with van der Waals surface area (Å²) in [6, 6.07) is 1.51. The van der Waals surface area contributed by atoms with Crippen LogP contribution in [-0.4, -0.2) is 28.1 Å². The number of amides is 1. The lowest BCUT2D eigenvalue weighted by atomic mass is 9.81. The molecular weight excluding hydrogens is 171 g/mol. The molecular formula is C7H7BN2O3. The van der Waals surface area contributed by atoms with Gasteiger partial charge in [0.15, 0.2) is 0 Å². The van der Waals surface area contributed by atoms with Crippen molar-refractivity contribution < 1.29 is 14.8 Å². The first kappa shape index (κ1) is 8.21. The fraction of sp³-hybridized carbons (Fsp3) is 0.143. The number of carbonyl (C=O) groups excluding carboxylic acids is 1. The summed E-state index contributed by atoms with van der Waals surface area (Å²) in [5, 5.41) is 20.2. The maximum atomic E-state index is 10.9. The number of rotatable bonds is 1. The second-order valence-electron chi connectivity index (χ2n) is 2.86. The summed E-state index contributed by atoms with van der Waals surface area (Å²) in [5.74, 6) is -0.118. The van der Waals surface area contributed by atoms with Crippen LogP contribution in [0.1, 0.15) is 5.69 Å². The SMILES string of the molecule is O=C1Cc2ncc(B(O)O)cc2N1. The lowest BCUT2D eigenvalue weighted by Crippen LogP contribution is -2.30. The van der Waals surface area contributed by atoms with E-state index in [1.54, 1.807) is 0 Å². The molecule has 1 aliphatic rings. The van der Waals surface area contributed by atoms with Crippen molar-refractivity contribution in [3.8, 4) is 0 Å². The Bertz CT molecular complexity index is 367. The third kappa shape index (κ3) is 1.41. The predicted octanol–water partition coefficient (Wildman–Crippen LogP) is -1.74. The first-order valence-electron chi connectivity index (χ1n) is 3.81. The van der Waals surface area contributed by atoms with Gasteiger partial charge in [-0.1, -0.05) is 0 Å². The molecule has 5 nitrogen and oxygen atoms in total. The second kappa shape index (κ2) is 2.83. The fourth-order valence-corrected chi connectivity index (χ4v) is 1.25. The molecule has 2 rings (SSSR count). The molecule has 0 saturated heterocycles. The van der Waals surface area contributed by atoms with E-state index in [1.807, 2.05) is 0 Å². The van der Waals surface area contributed by atoms with Crippen LogP contribution in [0.25, 0.3) is 0 Å². The zero-order valence-electron chi connectivity index (χ0n) is 6.69. The van der Waals surface area contributed by atoms with Gasteiger partial charge in [-0.2, -0.15) is 0 Å². The molecule has 1 aliphatic heterocycles. The topological polar surface area (TPSA) is 82.5 Å². The Morgan fingerprint density at radius 3 is 3.00 bits per heavy atom. The number of fused-ring (bicyclic) bond motifs is 1. The maximum Gasteiger partial charge on any atom is 0.490 e. The molecule has 2 heterocycles. The highest BCUT2D eigenvalue weighted by molar-refractivity contribution is 6.58. The van der Waals surface area contributed by atoms with Crippen LogP contribution in [0.3, 0.4) is 0 Å². The number of carbonyl (C=O) groups is 1. The summed E-state index contributed by atoms with van der Waals surface area (Å²) in [4.78, 5) is 14.8. The Hall–Kier alpha value is -1.40. The quantitative estimate of drug-likeness (QED) is 0.445. The molecule has 0 radical (unpaired) electrons. The van der Waals surface area contributed by atoms with E-state index in [-0.39, 0.29) is 17.8 Å². The van der Waals surface area contributed by atoms with Gasteiger partial charge >= 0.3 is 7.12 Å². The van der Waals surface area contributed by atoms with Crippen molar-refractivity contribution in [2.45, 2.75) is 6.42 Å². The molecule has 0 aromatic carbocycles. The van der Waals surface area contributed by atoms with E-state index >= 15 is 0 Å². The van der Waals surface area contributed by atoms with Crippen LogP contribution in [0.2, 0.25) is 0 Å². The number of nitrogens with one attached hydrogen (secondary N) is 1. The van der Waals surface area contributed by atoms with Crippen molar-refractivity contribution in [2.24, 2.45) is 0 Å². The molecule has 3 N–H and O–H groups in total. The number of hydrogen-bond acceptors (Lipinski definition) is 4. The van der Waals surface area contributed by atoms with Crippen LogP contribution in [0.15, 0.2) is 12.3 Å². The molecule has 0 spiro atoms. The lowest BCUT2D eigenvalue weighted by molar-refractivity contribution is -0.115. The van der Waals surface area contributed by atoms with E-state index in [0.717, 1.165) is 0 Å². The van der Waals surface area contributed by atoms with Crippen molar-refractivity contribution in [2.75, 3.05) is 5.32 Å². The Labute approximate surface area is 74.6 Å². The van der Waals surface area contributed by atoms with E-state index in [2.05, 4.69) is 10.3 Å².